The van der Waals surface area contributed by atoms with Crippen LogP contribution in [-0.2, 0) is 24.5 Å². The van der Waals surface area contributed by atoms with Crippen molar-refractivity contribution in [2.24, 2.45) is 5.92 Å². The van der Waals surface area contributed by atoms with E-state index in [2.05, 4.69) is 0 Å². The second kappa shape index (κ2) is 5.59. The average molecular weight is 307 g/mol. The van der Waals surface area contributed by atoms with Gasteiger partial charge in [-0.3, -0.25) is 4.79 Å². The Morgan fingerprint density at radius 2 is 1.95 bits per heavy atom. The third-order valence-electron chi connectivity index (χ3n) is 4.32. The molecule has 3 aliphatic heterocycles. The molecule has 116 valence electrons. The smallest absolute Gasteiger partial charge is 0.317 e. The Hall–Kier alpha value is -0.700. The van der Waals surface area contributed by atoms with Crippen molar-refractivity contribution < 1.29 is 32.0 Å². The monoisotopic (exact) mass is 307 g/mol. The van der Waals surface area contributed by atoms with Crippen LogP contribution in [0.5, 0.6) is 0 Å². The molecule has 3 rings (SSSR count). The van der Waals surface area contributed by atoms with Crippen molar-refractivity contribution in [3.05, 3.63) is 0 Å². The van der Waals surface area contributed by atoms with E-state index in [1.165, 1.54) is 20.0 Å². The van der Waals surface area contributed by atoms with Gasteiger partial charge in [0.25, 0.3) is 0 Å². The standard InChI is InChI=1S/C11H18NO3.CH4O3S/c1-14-11(13)10-8-4-2-3-6-12(8)7-5-9(10)15-12;1-5(2,3)4/h8-10H,2-7H2,1H3;1H3,(H,2,3,4)/q+1;/p-1/t8-,9-,10+,12?;/m1./s1. The number of quaternary nitrogens is 1. The van der Waals surface area contributed by atoms with Gasteiger partial charge in [-0.15, -0.1) is 0 Å². The Labute approximate surface area is 119 Å². The lowest BCUT2D eigenvalue weighted by atomic mass is 9.83. The number of carbonyl (C=O) groups excluding carboxylic acids is 1. The maximum absolute atomic E-state index is 11.7. The molecule has 0 aromatic heterocycles. The molecule has 8 heteroatoms. The lowest BCUT2D eigenvalue weighted by molar-refractivity contribution is -1.10. The molecule has 3 saturated heterocycles. The number of carbonyl (C=O) groups is 1. The fraction of sp³-hybridized carbons (Fsp3) is 0.917. The zero-order valence-corrected chi connectivity index (χ0v) is 12.6. The second-order valence-corrected chi connectivity index (χ2v) is 7.06. The molecular weight excluding hydrogens is 286 g/mol. The molecule has 20 heavy (non-hydrogen) atoms. The minimum atomic E-state index is -3.92. The molecular formula is C12H21NO6S. The highest BCUT2D eigenvalue weighted by molar-refractivity contribution is 7.84. The van der Waals surface area contributed by atoms with E-state index >= 15 is 0 Å². The molecule has 2 bridgehead atoms. The van der Waals surface area contributed by atoms with Gasteiger partial charge in [-0.2, -0.15) is 9.48 Å². The van der Waals surface area contributed by atoms with Crippen LogP contribution >= 0.6 is 0 Å². The zero-order valence-electron chi connectivity index (χ0n) is 11.8. The van der Waals surface area contributed by atoms with Crippen molar-refractivity contribution in [3.63, 3.8) is 0 Å². The van der Waals surface area contributed by atoms with Gasteiger partial charge in [0.2, 0.25) is 0 Å². The van der Waals surface area contributed by atoms with Crippen LogP contribution in [0.15, 0.2) is 0 Å². The first-order chi connectivity index (χ1) is 9.27. The maximum Gasteiger partial charge on any atom is 0.317 e. The lowest BCUT2D eigenvalue weighted by Gasteiger charge is -2.39. The van der Waals surface area contributed by atoms with Gasteiger partial charge in [0.1, 0.15) is 31.2 Å². The van der Waals surface area contributed by atoms with Gasteiger partial charge in [-0.1, -0.05) is 0 Å². The zero-order chi connectivity index (χ0) is 15.0. The predicted octanol–water partition coefficient (Wildman–Crippen LogP) is 0.0238. The molecule has 1 unspecified atom stereocenters. The molecule has 0 saturated carbocycles. The Morgan fingerprint density at radius 3 is 2.55 bits per heavy atom. The van der Waals surface area contributed by atoms with Gasteiger partial charge in [0.05, 0.1) is 17.2 Å². The summed E-state index contributed by atoms with van der Waals surface area (Å²) in [6, 6.07) is 0.380. The van der Waals surface area contributed by atoms with E-state index in [0.717, 1.165) is 30.6 Å². The molecule has 4 atom stereocenters. The Kier molecular flexibility index (Phi) is 4.38. The first-order valence-electron chi connectivity index (χ1n) is 6.81. The highest BCUT2D eigenvalue weighted by atomic mass is 32.2. The summed E-state index contributed by atoms with van der Waals surface area (Å²) >= 11 is 0. The van der Waals surface area contributed by atoms with E-state index < -0.39 is 10.1 Å². The highest BCUT2D eigenvalue weighted by Crippen LogP contribution is 2.47. The summed E-state index contributed by atoms with van der Waals surface area (Å²) in [5.41, 5.74) is 0. The van der Waals surface area contributed by atoms with Crippen LogP contribution < -0.4 is 0 Å². The number of hydrogen-bond acceptors (Lipinski definition) is 6. The molecule has 7 nitrogen and oxygen atoms in total. The van der Waals surface area contributed by atoms with Crippen LogP contribution in [-0.4, -0.2) is 62.2 Å². The molecule has 0 amide bonds. The molecule has 3 aliphatic rings. The number of hydroxylamine groups is 3. The summed E-state index contributed by atoms with van der Waals surface area (Å²) in [6.07, 6.45) is 5.34. The van der Waals surface area contributed by atoms with Crippen LogP contribution in [0.4, 0.5) is 0 Å². The summed E-state index contributed by atoms with van der Waals surface area (Å²) in [6.45, 7) is 2.19. The molecule has 3 fully saturated rings. The number of nitrogens with zero attached hydrogens (tertiary/aromatic N) is 1. The van der Waals surface area contributed by atoms with Gasteiger partial charge in [-0.05, 0) is 12.8 Å². The number of fused-ring (bicyclic) bond motifs is 1. The summed E-state index contributed by atoms with van der Waals surface area (Å²) in [4.78, 5) is 17.8. The molecule has 0 aromatic carbocycles. The van der Waals surface area contributed by atoms with Crippen molar-refractivity contribution in [2.75, 3.05) is 26.5 Å². The van der Waals surface area contributed by atoms with Crippen molar-refractivity contribution >= 4 is 16.1 Å². The van der Waals surface area contributed by atoms with E-state index in [1.807, 2.05) is 0 Å². The molecule has 0 aromatic rings. The third kappa shape index (κ3) is 3.13. The Morgan fingerprint density at radius 1 is 1.30 bits per heavy atom. The first-order valence-corrected chi connectivity index (χ1v) is 8.62. The van der Waals surface area contributed by atoms with Gasteiger partial charge in [0, 0.05) is 19.1 Å². The highest BCUT2D eigenvalue weighted by Gasteiger charge is 2.64. The number of ether oxygens (including phenoxy) is 1. The van der Waals surface area contributed by atoms with Crippen LogP contribution in [0.3, 0.4) is 0 Å². The summed E-state index contributed by atoms with van der Waals surface area (Å²) in [7, 11) is -2.43. The molecule has 3 heterocycles. The summed E-state index contributed by atoms with van der Waals surface area (Å²) in [5.74, 6) is -0.0596. The third-order valence-corrected chi connectivity index (χ3v) is 4.32. The van der Waals surface area contributed by atoms with Crippen LogP contribution in [0.25, 0.3) is 0 Å². The molecule has 0 radical (unpaired) electrons. The van der Waals surface area contributed by atoms with E-state index in [4.69, 9.17) is 22.5 Å². The van der Waals surface area contributed by atoms with Crippen LogP contribution in [0.2, 0.25) is 0 Å². The van der Waals surface area contributed by atoms with Gasteiger partial charge in [-0.25, -0.2) is 8.42 Å². The van der Waals surface area contributed by atoms with E-state index in [9.17, 15) is 4.79 Å². The summed E-state index contributed by atoms with van der Waals surface area (Å²) in [5, 5.41) is 0. The van der Waals surface area contributed by atoms with Crippen LogP contribution in [0, 0.1) is 5.92 Å². The summed E-state index contributed by atoms with van der Waals surface area (Å²) < 4.78 is 32.9. The van der Waals surface area contributed by atoms with Crippen molar-refractivity contribution in [2.45, 2.75) is 37.8 Å². The predicted molar refractivity (Wildman–Crippen MR) is 68.3 cm³/mol. The number of piperidine rings is 2. The minimum Gasteiger partial charge on any atom is -0.748 e. The number of methoxy groups -OCH3 is 1. The largest absolute Gasteiger partial charge is 0.748 e. The van der Waals surface area contributed by atoms with E-state index in [-0.39, 0.29) is 18.0 Å². The van der Waals surface area contributed by atoms with E-state index in [1.54, 1.807) is 0 Å². The number of rotatable bonds is 1. The Balaban J connectivity index is 0.000000257. The van der Waals surface area contributed by atoms with Crippen LogP contribution in [0.1, 0.15) is 25.7 Å². The molecule has 0 aliphatic carbocycles. The maximum atomic E-state index is 11.7. The van der Waals surface area contributed by atoms with E-state index in [0.29, 0.717) is 12.3 Å². The lowest BCUT2D eigenvalue weighted by Crippen LogP contribution is -2.56. The second-order valence-electron chi connectivity index (χ2n) is 5.65. The molecule has 1 spiro atoms. The van der Waals surface area contributed by atoms with Gasteiger partial charge < -0.3 is 9.29 Å². The fourth-order valence-electron chi connectivity index (χ4n) is 3.67. The average Bonchev–Trinajstić information content (AvgIpc) is 2.89. The number of hydrogen-bond donors (Lipinski definition) is 0. The van der Waals surface area contributed by atoms with Crippen molar-refractivity contribution in [1.82, 2.24) is 0 Å². The number of esters is 1. The quantitative estimate of drug-likeness (QED) is 0.385. The normalized spacial score (nSPS) is 38.6. The van der Waals surface area contributed by atoms with Crippen molar-refractivity contribution in [1.29, 1.82) is 0 Å². The minimum absolute atomic E-state index is 0.00375. The topological polar surface area (TPSA) is 92.7 Å². The Bertz CT molecular complexity index is 470. The van der Waals surface area contributed by atoms with Crippen molar-refractivity contribution in [3.8, 4) is 0 Å². The molecule has 0 N–H and O–H groups in total. The van der Waals surface area contributed by atoms with Gasteiger partial charge in [0.15, 0.2) is 0 Å². The SMILES string of the molecule is COC(=O)[C@H]1[C@H]2CCCC[N+]23CC[C@H]1O3.CS(=O)(=O)[O-]. The van der Waals surface area contributed by atoms with Gasteiger partial charge >= 0.3 is 5.97 Å². The fourth-order valence-corrected chi connectivity index (χ4v) is 3.67. The first kappa shape index (κ1) is 15.7.